The molecule has 0 saturated carbocycles. The topological polar surface area (TPSA) is 68.2 Å². The first kappa shape index (κ1) is 17.6. The van der Waals surface area contributed by atoms with Crippen molar-refractivity contribution < 1.29 is 23.5 Å². The molecule has 2 rings (SSSR count). The largest absolute Gasteiger partial charge is 0.408 e. The average molecular weight is 329 g/mol. The Hall–Kier alpha value is -0.750. The molecule has 1 saturated heterocycles. The quantitative estimate of drug-likeness (QED) is 0.702. The molecule has 22 heavy (non-hydrogen) atoms. The van der Waals surface area contributed by atoms with Gasteiger partial charge in [0.05, 0.1) is 25.9 Å². The molecule has 1 aromatic rings. The minimum atomic E-state index is -3.45. The number of benzene rings is 1. The van der Waals surface area contributed by atoms with Crippen LogP contribution in [-0.4, -0.2) is 49.3 Å². The van der Waals surface area contributed by atoms with Crippen molar-refractivity contribution in [3.63, 3.8) is 0 Å². The van der Waals surface area contributed by atoms with Gasteiger partial charge in [0.25, 0.3) is 0 Å². The summed E-state index contributed by atoms with van der Waals surface area (Å²) >= 11 is 0. The van der Waals surface area contributed by atoms with E-state index in [4.69, 9.17) is 18.9 Å². The van der Waals surface area contributed by atoms with Crippen LogP contribution in [0.4, 0.5) is 0 Å². The molecule has 1 N–H and O–H groups in total. The lowest BCUT2D eigenvalue weighted by Gasteiger charge is -2.27. The van der Waals surface area contributed by atoms with Crippen LogP contribution in [0.2, 0.25) is 0 Å². The van der Waals surface area contributed by atoms with Crippen LogP contribution < -0.4 is 0 Å². The summed E-state index contributed by atoms with van der Waals surface area (Å²) in [5, 5.41) is 9.07. The van der Waals surface area contributed by atoms with E-state index in [1.54, 1.807) is 7.05 Å². The van der Waals surface area contributed by atoms with Gasteiger partial charge < -0.3 is 9.84 Å². The standard InChI is InChI=1S/C15H24NO5P/c1-16(9-10-17)22(18,21-13-15-8-5-11-19-15)20-12-14-6-3-2-4-7-14/h2-4,6-7,15,17H,5,8-13H2,1H3. The molecule has 0 amide bonds. The van der Waals surface area contributed by atoms with Crippen molar-refractivity contribution in [3.8, 4) is 0 Å². The van der Waals surface area contributed by atoms with Gasteiger partial charge in [0.1, 0.15) is 0 Å². The summed E-state index contributed by atoms with van der Waals surface area (Å²) in [7, 11) is -1.83. The van der Waals surface area contributed by atoms with Gasteiger partial charge in [-0.2, -0.15) is 0 Å². The summed E-state index contributed by atoms with van der Waals surface area (Å²) in [4.78, 5) is 0. The lowest BCUT2D eigenvalue weighted by molar-refractivity contribution is 0.0503. The van der Waals surface area contributed by atoms with Crippen molar-refractivity contribution >= 4 is 7.75 Å². The summed E-state index contributed by atoms with van der Waals surface area (Å²) < 4.78 is 31.0. The third kappa shape index (κ3) is 5.16. The third-order valence-corrected chi connectivity index (χ3v) is 5.49. The van der Waals surface area contributed by atoms with Gasteiger partial charge in [-0.25, -0.2) is 9.24 Å². The Morgan fingerprint density at radius 2 is 2.14 bits per heavy atom. The van der Waals surface area contributed by atoms with Crippen molar-refractivity contribution in [2.75, 3.05) is 33.4 Å². The van der Waals surface area contributed by atoms with Crippen molar-refractivity contribution in [2.45, 2.75) is 25.6 Å². The SMILES string of the molecule is CN(CCO)P(=O)(OCc1ccccc1)OCC1CCCO1. The smallest absolute Gasteiger partial charge is 0.395 e. The van der Waals surface area contributed by atoms with Crippen LogP contribution in [0.1, 0.15) is 18.4 Å². The second-order valence-electron chi connectivity index (χ2n) is 5.26. The molecule has 1 aliphatic heterocycles. The highest BCUT2D eigenvalue weighted by Crippen LogP contribution is 2.51. The van der Waals surface area contributed by atoms with E-state index in [2.05, 4.69) is 0 Å². The van der Waals surface area contributed by atoms with Crippen molar-refractivity contribution in [1.82, 2.24) is 4.67 Å². The molecular formula is C15H24NO5P. The molecular weight excluding hydrogens is 305 g/mol. The summed E-state index contributed by atoms with van der Waals surface area (Å²) in [5.74, 6) is 0. The van der Waals surface area contributed by atoms with Gasteiger partial charge in [-0.3, -0.25) is 9.05 Å². The first-order valence-corrected chi connectivity index (χ1v) is 9.01. The van der Waals surface area contributed by atoms with Gasteiger partial charge in [-0.1, -0.05) is 30.3 Å². The van der Waals surface area contributed by atoms with E-state index in [1.165, 1.54) is 4.67 Å². The zero-order valence-corrected chi connectivity index (χ0v) is 13.8. The molecule has 0 bridgehead atoms. The summed E-state index contributed by atoms with van der Waals surface area (Å²) in [5.41, 5.74) is 0.917. The van der Waals surface area contributed by atoms with Gasteiger partial charge >= 0.3 is 7.75 Å². The lowest BCUT2D eigenvalue weighted by atomic mass is 10.2. The van der Waals surface area contributed by atoms with Crippen molar-refractivity contribution in [3.05, 3.63) is 35.9 Å². The Labute approximate surface area is 131 Å². The van der Waals surface area contributed by atoms with E-state index >= 15 is 0 Å². The Bertz CT molecular complexity index is 478. The van der Waals surface area contributed by atoms with Crippen LogP contribution in [0.25, 0.3) is 0 Å². The van der Waals surface area contributed by atoms with Gasteiger partial charge in [0.15, 0.2) is 0 Å². The van der Waals surface area contributed by atoms with Crippen LogP contribution in [-0.2, 0) is 25.0 Å². The summed E-state index contributed by atoms with van der Waals surface area (Å²) in [6.07, 6.45) is 1.87. The zero-order valence-electron chi connectivity index (χ0n) is 12.9. The number of hydrogen-bond acceptors (Lipinski definition) is 5. The third-order valence-electron chi connectivity index (χ3n) is 3.53. The predicted octanol–water partition coefficient (Wildman–Crippen LogP) is 2.43. The molecule has 0 radical (unpaired) electrons. The van der Waals surface area contributed by atoms with Gasteiger partial charge in [0.2, 0.25) is 0 Å². The van der Waals surface area contributed by atoms with E-state index in [0.29, 0.717) is 0 Å². The zero-order chi connectivity index (χ0) is 15.8. The van der Waals surface area contributed by atoms with Crippen LogP contribution >= 0.6 is 7.75 Å². The first-order chi connectivity index (χ1) is 10.6. The number of nitrogens with zero attached hydrogens (tertiary/aromatic N) is 1. The Morgan fingerprint density at radius 1 is 1.36 bits per heavy atom. The monoisotopic (exact) mass is 329 g/mol. The maximum absolute atomic E-state index is 12.9. The normalized spacial score (nSPS) is 21.1. The molecule has 0 aliphatic carbocycles. The Balaban J connectivity index is 1.95. The molecule has 0 aromatic heterocycles. The number of likely N-dealkylation sites (N-methyl/N-ethyl adjacent to an activating group) is 1. The Morgan fingerprint density at radius 3 is 2.77 bits per heavy atom. The van der Waals surface area contributed by atoms with Crippen LogP contribution in [0, 0.1) is 0 Å². The molecule has 6 nitrogen and oxygen atoms in total. The number of aliphatic hydroxyl groups excluding tert-OH is 1. The van der Waals surface area contributed by atoms with E-state index in [-0.39, 0.29) is 32.5 Å². The Kier molecular flexibility index (Phi) is 7.02. The highest BCUT2D eigenvalue weighted by atomic mass is 31.2. The minimum Gasteiger partial charge on any atom is -0.395 e. The molecule has 1 heterocycles. The summed E-state index contributed by atoms with van der Waals surface area (Å²) in [6.45, 7) is 1.26. The molecule has 1 fully saturated rings. The van der Waals surface area contributed by atoms with Crippen LogP contribution in [0.3, 0.4) is 0 Å². The maximum atomic E-state index is 12.9. The lowest BCUT2D eigenvalue weighted by Crippen LogP contribution is -2.24. The number of hydrogen-bond donors (Lipinski definition) is 1. The number of rotatable bonds is 9. The second-order valence-corrected chi connectivity index (χ2v) is 7.40. The van der Waals surface area contributed by atoms with E-state index < -0.39 is 7.75 Å². The number of ether oxygens (including phenoxy) is 1. The number of aliphatic hydroxyl groups is 1. The molecule has 1 aliphatic rings. The molecule has 7 heteroatoms. The van der Waals surface area contributed by atoms with E-state index in [1.807, 2.05) is 30.3 Å². The van der Waals surface area contributed by atoms with Gasteiger partial charge in [-0.05, 0) is 25.5 Å². The van der Waals surface area contributed by atoms with Crippen molar-refractivity contribution in [1.29, 1.82) is 0 Å². The fourth-order valence-electron chi connectivity index (χ4n) is 2.19. The average Bonchev–Trinajstić information content (AvgIpc) is 3.06. The minimum absolute atomic E-state index is 0.0313. The van der Waals surface area contributed by atoms with Gasteiger partial charge in [-0.15, -0.1) is 0 Å². The molecule has 0 spiro atoms. The van der Waals surface area contributed by atoms with Gasteiger partial charge in [0, 0.05) is 13.2 Å². The fraction of sp³-hybridized carbons (Fsp3) is 0.600. The van der Waals surface area contributed by atoms with Crippen LogP contribution in [0.5, 0.6) is 0 Å². The molecule has 124 valence electrons. The maximum Gasteiger partial charge on any atom is 0.408 e. The van der Waals surface area contributed by atoms with E-state index in [0.717, 1.165) is 25.0 Å². The van der Waals surface area contributed by atoms with Crippen molar-refractivity contribution in [2.24, 2.45) is 0 Å². The highest BCUT2D eigenvalue weighted by Gasteiger charge is 2.32. The predicted molar refractivity (Wildman–Crippen MR) is 83.5 cm³/mol. The highest BCUT2D eigenvalue weighted by molar-refractivity contribution is 7.51. The first-order valence-electron chi connectivity index (χ1n) is 7.51. The molecule has 2 atom stereocenters. The summed E-state index contributed by atoms with van der Waals surface area (Å²) in [6, 6.07) is 9.50. The second kappa shape index (κ2) is 8.77. The van der Waals surface area contributed by atoms with E-state index in [9.17, 15) is 4.57 Å². The molecule has 1 aromatic carbocycles. The fourth-order valence-corrected chi connectivity index (χ4v) is 3.66. The molecule has 2 unspecified atom stereocenters. The van der Waals surface area contributed by atoms with Crippen LogP contribution in [0.15, 0.2) is 30.3 Å².